The van der Waals surface area contributed by atoms with Crippen molar-refractivity contribution in [2.24, 2.45) is 11.7 Å². The smallest absolute Gasteiger partial charge is 0.308 e. The molecule has 122 valence electrons. The van der Waals surface area contributed by atoms with Gasteiger partial charge in [-0.15, -0.1) is 0 Å². The van der Waals surface area contributed by atoms with Gasteiger partial charge in [0.15, 0.2) is 0 Å². The third kappa shape index (κ3) is 5.55. The topological polar surface area (TPSA) is 122 Å². The molecule has 0 bridgehead atoms. The molecule has 0 aliphatic carbocycles. The lowest BCUT2D eigenvalue weighted by Gasteiger charge is -2.32. The fourth-order valence-electron chi connectivity index (χ4n) is 1.94. The van der Waals surface area contributed by atoms with E-state index in [0.717, 1.165) is 0 Å². The number of carbonyl (C=O) groups excluding carboxylic acids is 2. The highest BCUT2D eigenvalue weighted by atomic mass is 32.2. The van der Waals surface area contributed by atoms with Gasteiger partial charge in [0.05, 0.1) is 5.92 Å². The average Bonchev–Trinajstić information content (AvgIpc) is 2.48. The number of nitrogens with one attached hydrogen (secondary N) is 2. The van der Waals surface area contributed by atoms with Gasteiger partial charge < -0.3 is 21.5 Å². The van der Waals surface area contributed by atoms with Crippen LogP contribution in [-0.2, 0) is 14.4 Å². The van der Waals surface area contributed by atoms with Crippen molar-refractivity contribution in [3.63, 3.8) is 0 Å². The molecule has 0 heterocycles. The molecule has 0 aromatic carbocycles. The van der Waals surface area contributed by atoms with Crippen LogP contribution in [0.5, 0.6) is 0 Å². The summed E-state index contributed by atoms with van der Waals surface area (Å²) in [5, 5.41) is 14.2. The number of hydrogen-bond acceptors (Lipinski definition) is 5. The predicted molar refractivity (Wildman–Crippen MR) is 83.0 cm³/mol. The van der Waals surface area contributed by atoms with Crippen LogP contribution in [0.1, 0.15) is 26.7 Å². The maximum Gasteiger partial charge on any atom is 0.308 e. The summed E-state index contributed by atoms with van der Waals surface area (Å²) in [4.78, 5) is 34.9. The van der Waals surface area contributed by atoms with Crippen LogP contribution in [0.3, 0.4) is 0 Å². The second kappa shape index (κ2) is 8.89. The summed E-state index contributed by atoms with van der Waals surface area (Å²) in [6, 6.07) is -0.848. The molecule has 3 atom stereocenters. The number of carbonyl (C=O) groups is 3. The minimum atomic E-state index is -1.02. The van der Waals surface area contributed by atoms with E-state index < -0.39 is 34.5 Å². The molecule has 0 aromatic heterocycles. The highest BCUT2D eigenvalue weighted by Gasteiger charge is 2.39. The van der Waals surface area contributed by atoms with Crippen LogP contribution in [0.15, 0.2) is 0 Å². The maximum atomic E-state index is 12.0. The Morgan fingerprint density at radius 1 is 1.38 bits per heavy atom. The van der Waals surface area contributed by atoms with Crippen LogP contribution in [0.2, 0.25) is 0 Å². The molecule has 0 aliphatic rings. The number of carboxylic acids is 1. The molecule has 21 heavy (non-hydrogen) atoms. The normalized spacial score (nSPS) is 16.4. The maximum absolute atomic E-state index is 12.0. The number of likely N-dealkylation sites (N-methyl/N-ethyl adjacent to an activating group) is 1. The van der Waals surface area contributed by atoms with Gasteiger partial charge in [0.25, 0.3) is 0 Å². The van der Waals surface area contributed by atoms with Crippen LogP contribution in [0.25, 0.3) is 0 Å². The first-order chi connectivity index (χ1) is 9.75. The molecule has 0 saturated carbocycles. The second-order valence-electron chi connectivity index (χ2n) is 4.94. The van der Waals surface area contributed by atoms with Crippen molar-refractivity contribution >= 4 is 29.5 Å². The summed E-state index contributed by atoms with van der Waals surface area (Å²) in [7, 11) is 1.44. The number of aliphatic carboxylic acids is 1. The highest BCUT2D eigenvalue weighted by molar-refractivity contribution is 8.00. The number of amides is 2. The minimum Gasteiger partial charge on any atom is -0.481 e. The summed E-state index contributed by atoms with van der Waals surface area (Å²) in [5.74, 6) is -2.75. The van der Waals surface area contributed by atoms with Gasteiger partial charge in [-0.3, -0.25) is 14.4 Å². The highest BCUT2D eigenvalue weighted by Crippen LogP contribution is 2.36. The Balaban J connectivity index is 4.92. The Bertz CT molecular complexity index is 386. The first kappa shape index (κ1) is 19.7. The zero-order chi connectivity index (χ0) is 16.6. The zero-order valence-electron chi connectivity index (χ0n) is 12.9. The molecular weight excluding hydrogens is 294 g/mol. The average molecular weight is 319 g/mol. The van der Waals surface area contributed by atoms with Gasteiger partial charge in [-0.2, -0.15) is 11.8 Å². The monoisotopic (exact) mass is 319 g/mol. The Morgan fingerprint density at radius 2 is 1.95 bits per heavy atom. The van der Waals surface area contributed by atoms with Crippen LogP contribution < -0.4 is 16.4 Å². The second-order valence-corrected chi connectivity index (χ2v) is 6.28. The van der Waals surface area contributed by atoms with Crippen molar-refractivity contribution in [3.05, 3.63) is 0 Å². The van der Waals surface area contributed by atoms with Crippen molar-refractivity contribution in [2.75, 3.05) is 19.8 Å². The van der Waals surface area contributed by atoms with Crippen molar-refractivity contribution in [2.45, 2.75) is 37.5 Å². The Hall–Kier alpha value is -1.28. The molecule has 8 heteroatoms. The van der Waals surface area contributed by atoms with Crippen molar-refractivity contribution in [1.29, 1.82) is 0 Å². The molecule has 0 radical (unpaired) electrons. The lowest BCUT2D eigenvalue weighted by molar-refractivity contribution is -0.145. The van der Waals surface area contributed by atoms with E-state index in [1.807, 2.05) is 20.1 Å². The van der Waals surface area contributed by atoms with Gasteiger partial charge in [0, 0.05) is 24.8 Å². The third-order valence-electron chi connectivity index (χ3n) is 3.73. The summed E-state index contributed by atoms with van der Waals surface area (Å²) >= 11 is 1.42. The fourth-order valence-corrected chi connectivity index (χ4v) is 2.70. The Morgan fingerprint density at radius 3 is 2.29 bits per heavy atom. The van der Waals surface area contributed by atoms with Gasteiger partial charge in [-0.1, -0.05) is 6.92 Å². The summed E-state index contributed by atoms with van der Waals surface area (Å²) < 4.78 is -0.547. The molecule has 0 spiro atoms. The van der Waals surface area contributed by atoms with Gasteiger partial charge in [-0.25, -0.2) is 0 Å². The molecule has 0 aromatic rings. The molecule has 5 N–H and O–H groups in total. The van der Waals surface area contributed by atoms with Crippen LogP contribution in [-0.4, -0.2) is 53.5 Å². The number of hydrogen-bond donors (Lipinski definition) is 4. The molecule has 0 saturated heterocycles. The Labute approximate surface area is 129 Å². The SMILES string of the molecule is CCC(C)(SC)C(CC(=O)NC(CN)C(=O)NC)C(=O)O. The summed E-state index contributed by atoms with van der Waals surface area (Å²) in [6.45, 7) is 3.66. The third-order valence-corrected chi connectivity index (χ3v) is 5.23. The van der Waals surface area contributed by atoms with Crippen LogP contribution >= 0.6 is 11.8 Å². The first-order valence-corrected chi connectivity index (χ1v) is 7.97. The van der Waals surface area contributed by atoms with E-state index in [0.29, 0.717) is 6.42 Å². The fraction of sp³-hybridized carbons (Fsp3) is 0.769. The molecular formula is C13H25N3O4S. The van der Waals surface area contributed by atoms with Gasteiger partial charge in [0.1, 0.15) is 6.04 Å². The molecule has 2 amide bonds. The van der Waals surface area contributed by atoms with E-state index in [-0.39, 0.29) is 13.0 Å². The largest absolute Gasteiger partial charge is 0.481 e. The number of carboxylic acid groups (broad SMARTS) is 1. The molecule has 0 rings (SSSR count). The molecule has 3 unspecified atom stereocenters. The van der Waals surface area contributed by atoms with E-state index in [9.17, 15) is 19.5 Å². The van der Waals surface area contributed by atoms with Gasteiger partial charge >= 0.3 is 5.97 Å². The van der Waals surface area contributed by atoms with Gasteiger partial charge in [-0.05, 0) is 19.6 Å². The molecule has 0 aliphatic heterocycles. The number of rotatable bonds is 9. The van der Waals surface area contributed by atoms with E-state index in [2.05, 4.69) is 10.6 Å². The lowest BCUT2D eigenvalue weighted by atomic mass is 9.87. The van der Waals surface area contributed by atoms with Crippen LogP contribution in [0.4, 0.5) is 0 Å². The van der Waals surface area contributed by atoms with Crippen LogP contribution in [0, 0.1) is 5.92 Å². The quantitative estimate of drug-likeness (QED) is 0.467. The summed E-state index contributed by atoms with van der Waals surface area (Å²) in [5.41, 5.74) is 5.43. The molecule has 0 fully saturated rings. The predicted octanol–water partition coefficient (Wildman–Crippen LogP) is -0.201. The van der Waals surface area contributed by atoms with Crippen molar-refractivity contribution in [1.82, 2.24) is 10.6 Å². The summed E-state index contributed by atoms with van der Waals surface area (Å²) in [6.07, 6.45) is 2.26. The van der Waals surface area contributed by atoms with Crippen molar-refractivity contribution < 1.29 is 19.5 Å². The number of thioether (sulfide) groups is 1. The van der Waals surface area contributed by atoms with E-state index >= 15 is 0 Å². The number of nitrogens with two attached hydrogens (primary N) is 1. The van der Waals surface area contributed by atoms with E-state index in [4.69, 9.17) is 5.73 Å². The van der Waals surface area contributed by atoms with E-state index in [1.165, 1.54) is 18.8 Å². The molecule has 7 nitrogen and oxygen atoms in total. The standard InChI is InChI=1S/C13H25N3O4S/c1-5-13(2,21-4)8(12(19)20)6-10(17)16-9(7-14)11(18)15-3/h8-9H,5-7,14H2,1-4H3,(H,15,18)(H,16,17)(H,19,20). The van der Waals surface area contributed by atoms with E-state index in [1.54, 1.807) is 0 Å². The zero-order valence-corrected chi connectivity index (χ0v) is 13.8. The van der Waals surface area contributed by atoms with Crippen molar-refractivity contribution in [3.8, 4) is 0 Å². The lowest BCUT2D eigenvalue weighted by Crippen LogP contribution is -2.51. The Kier molecular flexibility index (Phi) is 8.34. The van der Waals surface area contributed by atoms with Gasteiger partial charge in [0.2, 0.25) is 11.8 Å². The minimum absolute atomic E-state index is 0.0449. The first-order valence-electron chi connectivity index (χ1n) is 6.74.